The van der Waals surface area contributed by atoms with E-state index in [-0.39, 0.29) is 23.6 Å². The predicted octanol–water partition coefficient (Wildman–Crippen LogP) is 1.02. The lowest BCUT2D eigenvalue weighted by Gasteiger charge is -2.12. The first-order valence-electron chi connectivity index (χ1n) is 7.26. The van der Waals surface area contributed by atoms with E-state index in [1.807, 2.05) is 6.92 Å². The third-order valence-corrected chi connectivity index (χ3v) is 4.49. The van der Waals surface area contributed by atoms with Crippen LogP contribution >= 0.6 is 0 Å². The number of aliphatic hydroxyl groups is 1. The van der Waals surface area contributed by atoms with Crippen molar-refractivity contribution in [3.05, 3.63) is 59.7 Å². The van der Waals surface area contributed by atoms with E-state index in [1.54, 1.807) is 36.4 Å². The maximum Gasteiger partial charge on any atom is 0.268 e. The number of hydrazine groups is 1. The van der Waals surface area contributed by atoms with Gasteiger partial charge in [-0.2, -0.15) is 0 Å². The number of para-hydroxylation sites is 1. The molecule has 2 rings (SSSR count). The first kappa shape index (κ1) is 17.9. The van der Waals surface area contributed by atoms with Crippen LogP contribution in [0, 0.1) is 6.92 Å². The van der Waals surface area contributed by atoms with E-state index in [9.17, 15) is 13.2 Å². The Kier molecular flexibility index (Phi) is 5.91. The van der Waals surface area contributed by atoms with E-state index in [1.165, 1.54) is 12.1 Å². The van der Waals surface area contributed by atoms with Crippen molar-refractivity contribution in [3.8, 4) is 0 Å². The molecule has 0 spiro atoms. The minimum Gasteiger partial charge on any atom is -0.395 e. The summed E-state index contributed by atoms with van der Waals surface area (Å²) in [6.07, 6.45) is 0. The summed E-state index contributed by atoms with van der Waals surface area (Å²) in [6.45, 7) is 2.04. The van der Waals surface area contributed by atoms with Crippen LogP contribution in [-0.4, -0.2) is 32.6 Å². The molecule has 7 nitrogen and oxygen atoms in total. The number of aliphatic hydroxyl groups excluding tert-OH is 1. The molecule has 0 atom stereocenters. The van der Waals surface area contributed by atoms with Gasteiger partial charge in [-0.1, -0.05) is 29.8 Å². The molecule has 0 bridgehead atoms. The minimum absolute atomic E-state index is 0.0556. The van der Waals surface area contributed by atoms with Crippen molar-refractivity contribution < 1.29 is 18.3 Å². The van der Waals surface area contributed by atoms with Gasteiger partial charge >= 0.3 is 0 Å². The average molecular weight is 349 g/mol. The Hall–Kier alpha value is -2.42. The molecule has 2 aromatic rings. The van der Waals surface area contributed by atoms with Crippen LogP contribution in [-0.2, 0) is 10.0 Å². The van der Waals surface area contributed by atoms with Crippen LogP contribution < -0.4 is 15.6 Å². The molecule has 0 aliphatic carbocycles. The summed E-state index contributed by atoms with van der Waals surface area (Å²) in [5, 5.41) is 11.7. The molecule has 0 aliphatic rings. The quantitative estimate of drug-likeness (QED) is 0.558. The van der Waals surface area contributed by atoms with Crippen LogP contribution in [0.3, 0.4) is 0 Å². The smallest absolute Gasteiger partial charge is 0.268 e. The zero-order chi connectivity index (χ0) is 17.6. The summed E-state index contributed by atoms with van der Waals surface area (Å²) in [6, 6.07) is 12.9. The van der Waals surface area contributed by atoms with Gasteiger partial charge in [-0.25, -0.2) is 8.42 Å². The van der Waals surface area contributed by atoms with Gasteiger partial charge in [0.1, 0.15) is 0 Å². The highest BCUT2D eigenvalue weighted by molar-refractivity contribution is 7.89. The highest BCUT2D eigenvalue weighted by atomic mass is 32.2. The maximum atomic E-state index is 12.2. The second-order valence-corrected chi connectivity index (χ2v) is 6.75. The molecular weight excluding hydrogens is 330 g/mol. The van der Waals surface area contributed by atoms with Crippen molar-refractivity contribution in [3.63, 3.8) is 0 Å². The van der Waals surface area contributed by atoms with Gasteiger partial charge in [0.25, 0.3) is 15.9 Å². The van der Waals surface area contributed by atoms with Gasteiger partial charge in [0, 0.05) is 12.2 Å². The van der Waals surface area contributed by atoms with E-state index >= 15 is 0 Å². The van der Waals surface area contributed by atoms with E-state index in [4.69, 9.17) is 5.11 Å². The number of carbonyl (C=O) groups excluding carboxylic acids is 1. The van der Waals surface area contributed by atoms with Gasteiger partial charge in [-0.05, 0) is 31.2 Å². The van der Waals surface area contributed by atoms with Crippen molar-refractivity contribution in [1.29, 1.82) is 0 Å². The number of hydrogen-bond donors (Lipinski definition) is 4. The number of sulfonamides is 1. The van der Waals surface area contributed by atoms with E-state index in [0.717, 1.165) is 5.56 Å². The summed E-state index contributed by atoms with van der Waals surface area (Å²) < 4.78 is 24.3. The zero-order valence-electron chi connectivity index (χ0n) is 13.1. The second kappa shape index (κ2) is 7.91. The number of anilines is 1. The number of benzene rings is 2. The molecule has 128 valence electrons. The van der Waals surface area contributed by atoms with Crippen LogP contribution in [0.2, 0.25) is 0 Å². The lowest BCUT2D eigenvalue weighted by atomic mass is 10.1. The van der Waals surface area contributed by atoms with Gasteiger partial charge in [0.2, 0.25) is 0 Å². The largest absolute Gasteiger partial charge is 0.395 e. The van der Waals surface area contributed by atoms with Crippen LogP contribution in [0.5, 0.6) is 0 Å². The molecule has 0 radical (unpaired) electrons. The number of rotatable bonds is 7. The molecule has 0 heterocycles. The Balaban J connectivity index is 2.09. The number of nitrogens with one attached hydrogen (secondary N) is 3. The number of aryl methyl sites for hydroxylation is 1. The molecule has 0 aliphatic heterocycles. The fourth-order valence-electron chi connectivity index (χ4n) is 1.98. The molecule has 0 unspecified atom stereocenters. The number of carbonyl (C=O) groups is 1. The monoisotopic (exact) mass is 349 g/mol. The minimum atomic E-state index is -3.85. The van der Waals surface area contributed by atoms with Crippen LogP contribution in [0.25, 0.3) is 0 Å². The summed E-state index contributed by atoms with van der Waals surface area (Å²) in [4.78, 5) is 14.3. The molecule has 0 saturated heterocycles. The standard InChI is InChI=1S/C16H19N3O4S/c1-12-6-8-13(9-7-12)24(22,23)19-18-16(21)14-4-2-3-5-15(14)17-10-11-20/h2-9,17,19-20H,10-11H2,1H3,(H,18,21). The maximum absolute atomic E-state index is 12.2. The highest BCUT2D eigenvalue weighted by Crippen LogP contribution is 2.14. The fourth-order valence-corrected chi connectivity index (χ4v) is 2.82. The SMILES string of the molecule is Cc1ccc(S(=O)(=O)NNC(=O)c2ccccc2NCCO)cc1. The Labute approximate surface area is 140 Å². The van der Waals surface area contributed by atoms with E-state index in [2.05, 4.69) is 15.6 Å². The second-order valence-electron chi connectivity index (χ2n) is 5.07. The van der Waals surface area contributed by atoms with Gasteiger partial charge in [-0.3, -0.25) is 10.2 Å². The molecule has 4 N–H and O–H groups in total. The van der Waals surface area contributed by atoms with E-state index in [0.29, 0.717) is 5.69 Å². The van der Waals surface area contributed by atoms with E-state index < -0.39 is 15.9 Å². The van der Waals surface area contributed by atoms with Gasteiger partial charge < -0.3 is 10.4 Å². The first-order valence-corrected chi connectivity index (χ1v) is 8.75. The van der Waals surface area contributed by atoms with Crippen LogP contribution in [0.15, 0.2) is 53.4 Å². The van der Waals surface area contributed by atoms with Crippen molar-refractivity contribution >= 4 is 21.6 Å². The lowest BCUT2D eigenvalue weighted by molar-refractivity contribution is 0.0946. The Morgan fingerprint density at radius 1 is 1.08 bits per heavy atom. The molecule has 0 aromatic heterocycles. The number of hydrogen-bond acceptors (Lipinski definition) is 5. The summed E-state index contributed by atoms with van der Waals surface area (Å²) in [7, 11) is -3.85. The zero-order valence-corrected chi connectivity index (χ0v) is 13.9. The third kappa shape index (κ3) is 4.54. The molecule has 0 saturated carbocycles. The predicted molar refractivity (Wildman–Crippen MR) is 91.0 cm³/mol. The highest BCUT2D eigenvalue weighted by Gasteiger charge is 2.17. The van der Waals surface area contributed by atoms with Crippen molar-refractivity contribution in [1.82, 2.24) is 10.3 Å². The fraction of sp³-hybridized carbons (Fsp3) is 0.188. The topological polar surface area (TPSA) is 108 Å². The van der Waals surface area contributed by atoms with Crippen molar-refractivity contribution in [2.24, 2.45) is 0 Å². The van der Waals surface area contributed by atoms with Crippen LogP contribution in [0.4, 0.5) is 5.69 Å². The third-order valence-electron chi connectivity index (χ3n) is 3.23. The Bertz CT molecular complexity index is 804. The molecule has 8 heteroatoms. The van der Waals surface area contributed by atoms with Crippen molar-refractivity contribution in [2.75, 3.05) is 18.5 Å². The normalized spacial score (nSPS) is 11.1. The molecule has 2 aromatic carbocycles. The average Bonchev–Trinajstić information content (AvgIpc) is 2.58. The number of amides is 1. The van der Waals surface area contributed by atoms with Gasteiger partial charge in [-0.15, -0.1) is 4.83 Å². The molecular formula is C16H19N3O4S. The van der Waals surface area contributed by atoms with Gasteiger partial charge in [0.05, 0.1) is 17.1 Å². The summed E-state index contributed by atoms with van der Waals surface area (Å²) in [5.74, 6) is -0.605. The molecule has 0 fully saturated rings. The Morgan fingerprint density at radius 3 is 2.42 bits per heavy atom. The van der Waals surface area contributed by atoms with Gasteiger partial charge in [0.15, 0.2) is 0 Å². The summed E-state index contributed by atoms with van der Waals surface area (Å²) in [5.41, 5.74) is 3.88. The van der Waals surface area contributed by atoms with Crippen molar-refractivity contribution in [2.45, 2.75) is 11.8 Å². The first-order chi connectivity index (χ1) is 11.4. The molecule has 24 heavy (non-hydrogen) atoms. The lowest BCUT2D eigenvalue weighted by Crippen LogP contribution is -2.41. The summed E-state index contributed by atoms with van der Waals surface area (Å²) >= 11 is 0. The Morgan fingerprint density at radius 2 is 1.75 bits per heavy atom. The molecule has 1 amide bonds. The van der Waals surface area contributed by atoms with Crippen LogP contribution in [0.1, 0.15) is 15.9 Å².